The number of nitrogens with two attached hydrogens (primary N) is 1. The number of thioether (sulfide) groups is 1. The molecule has 116 valence electrons. The third-order valence-electron chi connectivity index (χ3n) is 4.53. The van der Waals surface area contributed by atoms with Crippen LogP contribution < -0.4 is 10.5 Å². The van der Waals surface area contributed by atoms with Crippen LogP contribution in [0.15, 0.2) is 18.2 Å². The summed E-state index contributed by atoms with van der Waals surface area (Å²) in [5.41, 5.74) is 8.35. The van der Waals surface area contributed by atoms with Crippen molar-refractivity contribution in [1.82, 2.24) is 0 Å². The lowest BCUT2D eigenvalue weighted by Crippen LogP contribution is -2.43. The fourth-order valence-corrected chi connectivity index (χ4v) is 4.59. The highest BCUT2D eigenvalue weighted by Gasteiger charge is 2.41. The minimum atomic E-state index is 0.0691. The van der Waals surface area contributed by atoms with E-state index >= 15 is 0 Å². The Morgan fingerprint density at radius 1 is 1.48 bits per heavy atom. The zero-order valence-corrected chi connectivity index (χ0v) is 13.7. The molecule has 3 atom stereocenters. The molecule has 2 N–H and O–H groups in total. The smallest absolute Gasteiger partial charge is 0.122 e. The van der Waals surface area contributed by atoms with Crippen LogP contribution in [0.1, 0.15) is 43.4 Å². The Morgan fingerprint density at radius 3 is 3.00 bits per heavy atom. The predicted molar refractivity (Wildman–Crippen MR) is 88.1 cm³/mol. The average molecular weight is 307 g/mol. The summed E-state index contributed by atoms with van der Waals surface area (Å²) in [7, 11) is 0. The lowest BCUT2D eigenvalue weighted by molar-refractivity contribution is -0.0959. The Hall–Kier alpha value is -0.710. The van der Waals surface area contributed by atoms with Crippen LogP contribution in [0.3, 0.4) is 0 Å². The molecular weight excluding hydrogens is 282 g/mol. The zero-order chi connectivity index (χ0) is 14.9. The van der Waals surface area contributed by atoms with Crippen molar-refractivity contribution in [2.24, 2.45) is 5.73 Å². The lowest BCUT2D eigenvalue weighted by atomic mass is 9.91. The van der Waals surface area contributed by atoms with E-state index in [-0.39, 0.29) is 17.7 Å². The summed E-state index contributed by atoms with van der Waals surface area (Å²) in [5, 5.41) is 0. The van der Waals surface area contributed by atoms with Crippen molar-refractivity contribution >= 4 is 11.8 Å². The molecular formula is C17H25NO2S. The molecule has 1 aromatic rings. The summed E-state index contributed by atoms with van der Waals surface area (Å²) in [5.74, 6) is 3.33. The second-order valence-corrected chi connectivity index (χ2v) is 7.49. The SMILES string of the molecule is Cc1cc([C@@H](C)N)ccc1OC1CCOC2(CCSC2)C1. The summed E-state index contributed by atoms with van der Waals surface area (Å²) in [4.78, 5) is 0. The van der Waals surface area contributed by atoms with Crippen molar-refractivity contribution in [1.29, 1.82) is 0 Å². The normalized spacial score (nSPS) is 30.5. The predicted octanol–water partition coefficient (Wildman–Crippen LogP) is 3.45. The Labute approximate surface area is 131 Å². The van der Waals surface area contributed by atoms with Gasteiger partial charge in [0.25, 0.3) is 0 Å². The Bertz CT molecular complexity index is 498. The molecule has 0 aliphatic carbocycles. The molecule has 2 saturated heterocycles. The van der Waals surface area contributed by atoms with Crippen LogP contribution in [-0.2, 0) is 4.74 Å². The van der Waals surface area contributed by atoms with Gasteiger partial charge in [0.2, 0.25) is 0 Å². The number of hydrogen-bond donors (Lipinski definition) is 1. The molecule has 2 heterocycles. The minimum Gasteiger partial charge on any atom is -0.490 e. The molecule has 2 aliphatic heterocycles. The van der Waals surface area contributed by atoms with Gasteiger partial charge in [-0.15, -0.1) is 0 Å². The van der Waals surface area contributed by atoms with E-state index in [2.05, 4.69) is 25.1 Å². The zero-order valence-electron chi connectivity index (χ0n) is 12.9. The third kappa shape index (κ3) is 3.38. The first kappa shape index (κ1) is 15.2. The number of aryl methyl sites for hydroxylation is 1. The molecule has 3 nitrogen and oxygen atoms in total. The van der Waals surface area contributed by atoms with Crippen molar-refractivity contribution in [3.05, 3.63) is 29.3 Å². The molecule has 0 amide bonds. The van der Waals surface area contributed by atoms with Gasteiger partial charge in [-0.05, 0) is 43.2 Å². The minimum absolute atomic E-state index is 0.0691. The molecule has 0 radical (unpaired) electrons. The van der Waals surface area contributed by atoms with Gasteiger partial charge >= 0.3 is 0 Å². The highest BCUT2D eigenvalue weighted by molar-refractivity contribution is 7.99. The summed E-state index contributed by atoms with van der Waals surface area (Å²) < 4.78 is 12.3. The first-order valence-electron chi connectivity index (χ1n) is 7.82. The van der Waals surface area contributed by atoms with Gasteiger partial charge in [-0.3, -0.25) is 0 Å². The fraction of sp³-hybridized carbons (Fsp3) is 0.647. The molecule has 21 heavy (non-hydrogen) atoms. The summed E-state index contributed by atoms with van der Waals surface area (Å²) in [6, 6.07) is 6.35. The molecule has 0 saturated carbocycles. The molecule has 0 aromatic heterocycles. The van der Waals surface area contributed by atoms with Gasteiger partial charge in [-0.2, -0.15) is 11.8 Å². The standard InChI is InChI=1S/C17H25NO2S/c1-12-9-14(13(2)18)3-4-16(12)20-15-5-7-19-17(10-15)6-8-21-11-17/h3-4,9,13,15H,5-8,10-11,18H2,1-2H3/t13-,15?,17?/m1/s1. The Kier molecular flexibility index (Phi) is 4.48. The molecule has 1 spiro atoms. The maximum absolute atomic E-state index is 6.28. The Balaban J connectivity index is 1.68. The summed E-state index contributed by atoms with van der Waals surface area (Å²) in [6.07, 6.45) is 3.45. The van der Waals surface area contributed by atoms with Crippen LogP contribution in [0.4, 0.5) is 0 Å². The van der Waals surface area contributed by atoms with E-state index in [1.165, 1.54) is 17.7 Å². The van der Waals surface area contributed by atoms with Gasteiger partial charge in [0.15, 0.2) is 0 Å². The van der Waals surface area contributed by atoms with E-state index < -0.39 is 0 Å². The van der Waals surface area contributed by atoms with E-state index in [1.54, 1.807) is 0 Å². The molecule has 3 rings (SSSR count). The lowest BCUT2D eigenvalue weighted by Gasteiger charge is -2.37. The molecule has 2 aliphatic rings. The van der Waals surface area contributed by atoms with Crippen LogP contribution in [0, 0.1) is 6.92 Å². The summed E-state index contributed by atoms with van der Waals surface area (Å²) >= 11 is 2.00. The van der Waals surface area contributed by atoms with E-state index in [9.17, 15) is 0 Å². The summed E-state index contributed by atoms with van der Waals surface area (Å²) in [6.45, 7) is 4.93. The number of rotatable bonds is 3. The van der Waals surface area contributed by atoms with Crippen LogP contribution >= 0.6 is 11.8 Å². The van der Waals surface area contributed by atoms with Crippen molar-refractivity contribution in [2.75, 3.05) is 18.1 Å². The van der Waals surface area contributed by atoms with Gasteiger partial charge in [-0.1, -0.05) is 12.1 Å². The van der Waals surface area contributed by atoms with Gasteiger partial charge in [0, 0.05) is 24.6 Å². The first-order valence-corrected chi connectivity index (χ1v) is 8.98. The van der Waals surface area contributed by atoms with Crippen LogP contribution in [-0.4, -0.2) is 29.8 Å². The molecule has 2 fully saturated rings. The molecule has 4 heteroatoms. The number of ether oxygens (including phenoxy) is 2. The fourth-order valence-electron chi connectivity index (χ4n) is 3.21. The van der Waals surface area contributed by atoms with Crippen molar-refractivity contribution in [3.63, 3.8) is 0 Å². The first-order chi connectivity index (χ1) is 10.1. The van der Waals surface area contributed by atoms with Gasteiger partial charge in [0.05, 0.1) is 12.2 Å². The number of hydrogen-bond acceptors (Lipinski definition) is 4. The molecule has 2 unspecified atom stereocenters. The monoisotopic (exact) mass is 307 g/mol. The topological polar surface area (TPSA) is 44.5 Å². The van der Waals surface area contributed by atoms with E-state index in [1.807, 2.05) is 18.7 Å². The molecule has 0 bridgehead atoms. The van der Waals surface area contributed by atoms with E-state index in [0.29, 0.717) is 0 Å². The second kappa shape index (κ2) is 6.19. The van der Waals surface area contributed by atoms with Crippen LogP contribution in [0.25, 0.3) is 0 Å². The maximum Gasteiger partial charge on any atom is 0.122 e. The highest BCUT2D eigenvalue weighted by atomic mass is 32.2. The van der Waals surface area contributed by atoms with Gasteiger partial charge < -0.3 is 15.2 Å². The van der Waals surface area contributed by atoms with Crippen LogP contribution in [0.2, 0.25) is 0 Å². The highest BCUT2D eigenvalue weighted by Crippen LogP contribution is 2.39. The largest absolute Gasteiger partial charge is 0.490 e. The number of benzene rings is 1. The third-order valence-corrected chi connectivity index (χ3v) is 5.76. The Morgan fingerprint density at radius 2 is 2.33 bits per heavy atom. The van der Waals surface area contributed by atoms with Crippen molar-refractivity contribution < 1.29 is 9.47 Å². The van der Waals surface area contributed by atoms with Gasteiger partial charge in [0.1, 0.15) is 11.9 Å². The van der Waals surface area contributed by atoms with E-state index in [0.717, 1.165) is 36.5 Å². The maximum atomic E-state index is 6.28. The average Bonchev–Trinajstić information content (AvgIpc) is 2.89. The second-order valence-electron chi connectivity index (χ2n) is 6.38. The quantitative estimate of drug-likeness (QED) is 0.929. The van der Waals surface area contributed by atoms with Crippen molar-refractivity contribution in [2.45, 2.75) is 50.9 Å². The molecule has 1 aromatic carbocycles. The van der Waals surface area contributed by atoms with E-state index in [4.69, 9.17) is 15.2 Å². The van der Waals surface area contributed by atoms with Crippen molar-refractivity contribution in [3.8, 4) is 5.75 Å². The van der Waals surface area contributed by atoms with Gasteiger partial charge in [-0.25, -0.2) is 0 Å². The van der Waals surface area contributed by atoms with Crippen LogP contribution in [0.5, 0.6) is 5.75 Å².